The number of hydrogen-bond acceptors (Lipinski definition) is 5. The lowest BCUT2D eigenvalue weighted by Crippen LogP contribution is -2.24. The minimum absolute atomic E-state index is 0.227. The lowest BCUT2D eigenvalue weighted by molar-refractivity contribution is 0.621. The highest BCUT2D eigenvalue weighted by Gasteiger charge is 2.06. The normalized spacial score (nSPS) is 10.7. The molecule has 2 heterocycles. The van der Waals surface area contributed by atoms with Crippen LogP contribution in [0.1, 0.15) is 10.7 Å². The minimum atomic E-state index is -0.227. The van der Waals surface area contributed by atoms with Crippen molar-refractivity contribution >= 4 is 11.3 Å². The molecule has 100 valence electrons. The molecule has 0 atom stereocenters. The van der Waals surface area contributed by atoms with Crippen LogP contribution >= 0.6 is 11.3 Å². The van der Waals surface area contributed by atoms with Crippen molar-refractivity contribution in [2.75, 3.05) is 0 Å². The van der Waals surface area contributed by atoms with Crippen molar-refractivity contribution < 1.29 is 0 Å². The second-order valence-electron chi connectivity index (χ2n) is 4.30. The molecule has 0 saturated heterocycles. The number of nitrogens with zero attached hydrogens (tertiary/aromatic N) is 4. The fraction of sp³-hybridized carbons (Fsp3) is 0.143. The number of rotatable bonds is 3. The maximum Gasteiger partial charge on any atom is 0.285 e. The molecule has 3 rings (SSSR count). The van der Waals surface area contributed by atoms with Crippen molar-refractivity contribution in [3.63, 3.8) is 0 Å². The molecule has 0 aliphatic heterocycles. The van der Waals surface area contributed by atoms with Gasteiger partial charge in [-0.15, -0.1) is 16.4 Å². The Morgan fingerprint density at radius 2 is 2.05 bits per heavy atom. The van der Waals surface area contributed by atoms with Crippen LogP contribution in [0.15, 0.2) is 46.7 Å². The van der Waals surface area contributed by atoms with Gasteiger partial charge >= 0.3 is 0 Å². The van der Waals surface area contributed by atoms with Crippen LogP contribution in [0, 0.1) is 6.92 Å². The quantitative estimate of drug-likeness (QED) is 0.739. The number of thiazole rings is 1. The Bertz CT molecular complexity index is 779. The van der Waals surface area contributed by atoms with Crippen LogP contribution in [0.2, 0.25) is 0 Å². The molecular formula is C14H12N4OS. The van der Waals surface area contributed by atoms with Crippen LogP contribution < -0.4 is 5.56 Å². The van der Waals surface area contributed by atoms with Gasteiger partial charge < -0.3 is 0 Å². The van der Waals surface area contributed by atoms with Gasteiger partial charge in [0.25, 0.3) is 5.56 Å². The fourth-order valence-electron chi connectivity index (χ4n) is 1.84. The van der Waals surface area contributed by atoms with E-state index in [2.05, 4.69) is 15.1 Å². The van der Waals surface area contributed by atoms with Gasteiger partial charge in [0.1, 0.15) is 0 Å². The van der Waals surface area contributed by atoms with Crippen molar-refractivity contribution in [3.05, 3.63) is 63.0 Å². The molecule has 0 aliphatic rings. The average molecular weight is 284 g/mol. The molecule has 0 amide bonds. The Morgan fingerprint density at radius 3 is 2.75 bits per heavy atom. The third-order valence-electron chi connectivity index (χ3n) is 2.78. The largest absolute Gasteiger partial charge is 0.285 e. The van der Waals surface area contributed by atoms with Gasteiger partial charge in [-0.25, -0.2) is 14.6 Å². The number of benzene rings is 1. The van der Waals surface area contributed by atoms with Gasteiger partial charge in [-0.05, 0) is 6.92 Å². The second kappa shape index (κ2) is 5.34. The molecule has 0 spiro atoms. The maximum atomic E-state index is 11.8. The molecule has 6 heteroatoms. The first-order valence-electron chi connectivity index (χ1n) is 6.13. The number of aromatic nitrogens is 4. The Hall–Kier alpha value is -2.34. The molecule has 5 nitrogen and oxygen atoms in total. The molecule has 0 saturated carbocycles. The summed E-state index contributed by atoms with van der Waals surface area (Å²) in [6.07, 6.45) is 1.30. The fourth-order valence-corrected chi connectivity index (χ4v) is 2.44. The summed E-state index contributed by atoms with van der Waals surface area (Å²) in [6.45, 7) is 2.30. The van der Waals surface area contributed by atoms with Crippen molar-refractivity contribution in [2.45, 2.75) is 13.5 Å². The Balaban J connectivity index is 1.97. The zero-order valence-electron chi connectivity index (χ0n) is 10.9. The summed E-state index contributed by atoms with van der Waals surface area (Å²) in [5.74, 6) is 0.539. The third-order valence-corrected chi connectivity index (χ3v) is 3.60. The van der Waals surface area contributed by atoms with Crippen LogP contribution in [-0.2, 0) is 6.54 Å². The van der Waals surface area contributed by atoms with Gasteiger partial charge in [-0.3, -0.25) is 4.79 Å². The third kappa shape index (κ3) is 2.65. The van der Waals surface area contributed by atoms with E-state index < -0.39 is 0 Å². The van der Waals surface area contributed by atoms with E-state index in [-0.39, 0.29) is 5.56 Å². The molecular weight excluding hydrogens is 272 g/mol. The summed E-state index contributed by atoms with van der Waals surface area (Å²) >= 11 is 1.56. The molecule has 20 heavy (non-hydrogen) atoms. The second-order valence-corrected chi connectivity index (χ2v) is 5.36. The minimum Gasteiger partial charge on any atom is -0.266 e. The highest BCUT2D eigenvalue weighted by atomic mass is 32.1. The molecule has 0 aliphatic carbocycles. The lowest BCUT2D eigenvalue weighted by atomic mass is 10.2. The van der Waals surface area contributed by atoms with Crippen molar-refractivity contribution in [2.24, 2.45) is 0 Å². The van der Waals surface area contributed by atoms with E-state index in [9.17, 15) is 4.79 Å². The first-order chi connectivity index (χ1) is 9.72. The zero-order valence-corrected chi connectivity index (χ0v) is 11.7. The van der Waals surface area contributed by atoms with E-state index in [0.29, 0.717) is 12.4 Å². The molecule has 0 radical (unpaired) electrons. The summed E-state index contributed by atoms with van der Waals surface area (Å²) in [7, 11) is 0. The standard InChI is InChI=1S/C14H12N4OS/c1-10-16-12(9-20-10)8-18-13(19)7-15-14(17-18)11-5-3-2-4-6-11/h2-7,9H,8H2,1H3. The molecule has 3 aromatic rings. The van der Waals surface area contributed by atoms with E-state index in [1.807, 2.05) is 42.6 Å². The van der Waals surface area contributed by atoms with Crippen LogP contribution in [0.3, 0.4) is 0 Å². The molecule has 2 aromatic heterocycles. The zero-order chi connectivity index (χ0) is 13.9. The maximum absolute atomic E-state index is 11.8. The van der Waals surface area contributed by atoms with E-state index in [4.69, 9.17) is 0 Å². The van der Waals surface area contributed by atoms with Crippen molar-refractivity contribution in [3.8, 4) is 11.4 Å². The predicted molar refractivity (Wildman–Crippen MR) is 77.7 cm³/mol. The molecule has 0 unspecified atom stereocenters. The number of hydrogen-bond donors (Lipinski definition) is 0. The molecule has 1 aromatic carbocycles. The van der Waals surface area contributed by atoms with Crippen LogP contribution in [0.4, 0.5) is 0 Å². The van der Waals surface area contributed by atoms with Crippen molar-refractivity contribution in [1.82, 2.24) is 19.7 Å². The SMILES string of the molecule is Cc1nc(Cn2nc(-c3ccccc3)ncc2=O)cs1. The van der Waals surface area contributed by atoms with Crippen LogP contribution in [0.5, 0.6) is 0 Å². The monoisotopic (exact) mass is 284 g/mol. The van der Waals surface area contributed by atoms with Gasteiger partial charge in [-0.1, -0.05) is 30.3 Å². The molecule has 0 N–H and O–H groups in total. The predicted octanol–water partition coefficient (Wildman–Crippen LogP) is 2.12. The Kier molecular flexibility index (Phi) is 3.39. The van der Waals surface area contributed by atoms with E-state index in [0.717, 1.165) is 16.3 Å². The van der Waals surface area contributed by atoms with E-state index in [1.165, 1.54) is 10.9 Å². The number of aryl methyl sites for hydroxylation is 1. The average Bonchev–Trinajstić information content (AvgIpc) is 2.88. The summed E-state index contributed by atoms with van der Waals surface area (Å²) in [4.78, 5) is 20.3. The summed E-state index contributed by atoms with van der Waals surface area (Å²) < 4.78 is 1.39. The van der Waals surface area contributed by atoms with Crippen LogP contribution in [-0.4, -0.2) is 19.7 Å². The highest BCUT2D eigenvalue weighted by molar-refractivity contribution is 7.09. The smallest absolute Gasteiger partial charge is 0.266 e. The van der Waals surface area contributed by atoms with Crippen molar-refractivity contribution in [1.29, 1.82) is 0 Å². The Morgan fingerprint density at radius 1 is 1.25 bits per heavy atom. The first-order valence-corrected chi connectivity index (χ1v) is 7.01. The molecule has 0 fully saturated rings. The summed E-state index contributed by atoms with van der Waals surface area (Å²) in [5, 5.41) is 7.22. The highest BCUT2D eigenvalue weighted by Crippen LogP contribution is 2.12. The topological polar surface area (TPSA) is 60.7 Å². The van der Waals surface area contributed by atoms with Gasteiger partial charge in [-0.2, -0.15) is 0 Å². The molecule has 0 bridgehead atoms. The summed E-state index contributed by atoms with van der Waals surface area (Å²) in [6, 6.07) is 9.59. The van der Waals surface area contributed by atoms with Crippen LogP contribution in [0.25, 0.3) is 11.4 Å². The van der Waals surface area contributed by atoms with Gasteiger partial charge in [0.15, 0.2) is 5.82 Å². The van der Waals surface area contributed by atoms with Gasteiger partial charge in [0.05, 0.1) is 23.4 Å². The lowest BCUT2D eigenvalue weighted by Gasteiger charge is -2.04. The van der Waals surface area contributed by atoms with E-state index >= 15 is 0 Å². The van der Waals surface area contributed by atoms with Gasteiger partial charge in [0.2, 0.25) is 0 Å². The van der Waals surface area contributed by atoms with Gasteiger partial charge in [0, 0.05) is 10.9 Å². The summed E-state index contributed by atoms with van der Waals surface area (Å²) in [5.41, 5.74) is 1.50. The first kappa shape index (κ1) is 12.7. The van der Waals surface area contributed by atoms with E-state index in [1.54, 1.807) is 11.3 Å². The Labute approximate surface area is 119 Å².